The van der Waals surface area contributed by atoms with Gasteiger partial charge in [0, 0.05) is 4.90 Å². The molecule has 0 N–H and O–H groups in total. The van der Waals surface area contributed by atoms with E-state index < -0.39 is 47.8 Å². The Morgan fingerprint density at radius 2 is 1.06 bits per heavy atom. The van der Waals surface area contributed by atoms with Crippen LogP contribution in [-0.4, -0.2) is 54.4 Å². The first-order valence-corrected chi connectivity index (χ1v) is 17.1. The highest BCUT2D eigenvalue weighted by molar-refractivity contribution is 7.99. The number of ether oxygens (including phenoxy) is 5. The topological polar surface area (TPSA) is 97.4 Å². The van der Waals surface area contributed by atoms with Crippen molar-refractivity contribution in [3.05, 3.63) is 173 Å². The molecular weight excluding hydrogens is 653 g/mol. The van der Waals surface area contributed by atoms with Crippen molar-refractivity contribution in [2.24, 2.45) is 0 Å². The Kier molecular flexibility index (Phi) is 11.7. The van der Waals surface area contributed by atoms with E-state index in [9.17, 15) is 14.4 Å². The van der Waals surface area contributed by atoms with Gasteiger partial charge in [-0.05, 0) is 61.0 Å². The molecule has 1 saturated heterocycles. The van der Waals surface area contributed by atoms with Gasteiger partial charge < -0.3 is 23.7 Å². The standard InChI is InChI=1S/C41H36O8S/c1-28-22-24-33(25-23-28)50-41-37(49-40(44)32-20-12-5-13-21-32)36(48-39(43)31-18-10-4-11-19-31)35(45-26-29-14-6-2-7-15-29)34(47-41)27-46-38(42)30-16-8-3-9-17-30/h2-25,34-37,41H,26-27H2,1H3/t34-,35-,36+,37-,41+/m1/s1. The second kappa shape index (κ2) is 16.9. The molecule has 5 aromatic rings. The number of hydrogen-bond donors (Lipinski definition) is 0. The molecule has 5 aromatic carbocycles. The zero-order valence-corrected chi connectivity index (χ0v) is 28.1. The molecule has 0 amide bonds. The van der Waals surface area contributed by atoms with Gasteiger partial charge >= 0.3 is 17.9 Å². The van der Waals surface area contributed by atoms with Crippen LogP contribution in [0.4, 0.5) is 0 Å². The Labute approximate surface area is 295 Å². The molecule has 0 unspecified atom stereocenters. The average Bonchev–Trinajstić information content (AvgIpc) is 3.17. The number of benzene rings is 5. The van der Waals surface area contributed by atoms with E-state index in [0.29, 0.717) is 16.7 Å². The van der Waals surface area contributed by atoms with Crippen LogP contribution in [0.15, 0.2) is 150 Å². The van der Waals surface area contributed by atoms with Gasteiger partial charge in [0.2, 0.25) is 0 Å². The molecule has 0 radical (unpaired) electrons. The lowest BCUT2D eigenvalue weighted by Gasteiger charge is -2.45. The Morgan fingerprint density at radius 1 is 0.580 bits per heavy atom. The van der Waals surface area contributed by atoms with Crippen LogP contribution in [0.1, 0.15) is 42.2 Å². The number of aryl methyl sites for hydroxylation is 1. The van der Waals surface area contributed by atoms with Crippen molar-refractivity contribution in [2.75, 3.05) is 6.61 Å². The summed E-state index contributed by atoms with van der Waals surface area (Å²) < 4.78 is 31.4. The second-order valence-corrected chi connectivity index (χ2v) is 12.8. The Morgan fingerprint density at radius 3 is 1.60 bits per heavy atom. The first-order valence-electron chi connectivity index (χ1n) is 16.2. The number of rotatable bonds is 12. The molecule has 1 aliphatic rings. The molecule has 0 spiro atoms. The molecule has 1 aliphatic heterocycles. The first kappa shape index (κ1) is 34.6. The summed E-state index contributed by atoms with van der Waals surface area (Å²) in [5, 5.41) is 0. The quantitative estimate of drug-likeness (QED) is 0.0965. The SMILES string of the molecule is Cc1ccc(S[C@@H]2O[C@H](COC(=O)c3ccccc3)[C@@H](OCc3ccccc3)[C@H](OC(=O)c3ccccc3)[C@H]2OC(=O)c2ccccc2)cc1. The van der Waals surface area contributed by atoms with Crippen LogP contribution < -0.4 is 0 Å². The van der Waals surface area contributed by atoms with Gasteiger partial charge in [-0.3, -0.25) is 0 Å². The van der Waals surface area contributed by atoms with Crippen molar-refractivity contribution in [1.82, 2.24) is 0 Å². The van der Waals surface area contributed by atoms with E-state index >= 15 is 0 Å². The third kappa shape index (κ3) is 9.06. The summed E-state index contributed by atoms with van der Waals surface area (Å²) in [5.41, 5.74) is 2.03. The van der Waals surface area contributed by atoms with Crippen LogP contribution in [0.3, 0.4) is 0 Å². The fourth-order valence-corrected chi connectivity index (χ4v) is 6.54. The van der Waals surface area contributed by atoms with Crippen LogP contribution in [-0.2, 0) is 30.3 Å². The molecule has 6 rings (SSSR count). The molecule has 8 nitrogen and oxygen atoms in total. The third-order valence-electron chi connectivity index (χ3n) is 8.04. The van der Waals surface area contributed by atoms with E-state index in [1.807, 2.05) is 67.6 Å². The molecule has 0 aromatic heterocycles. The Balaban J connectivity index is 1.39. The predicted octanol–water partition coefficient (Wildman–Crippen LogP) is 7.71. The van der Waals surface area contributed by atoms with Crippen LogP contribution in [0.25, 0.3) is 0 Å². The van der Waals surface area contributed by atoms with Gasteiger partial charge in [-0.2, -0.15) is 0 Å². The summed E-state index contributed by atoms with van der Waals surface area (Å²) in [7, 11) is 0. The van der Waals surface area contributed by atoms with Gasteiger partial charge in [0.15, 0.2) is 12.2 Å². The molecule has 5 atom stereocenters. The lowest BCUT2D eigenvalue weighted by Crippen LogP contribution is -2.61. The molecule has 50 heavy (non-hydrogen) atoms. The van der Waals surface area contributed by atoms with E-state index in [1.165, 1.54) is 11.8 Å². The lowest BCUT2D eigenvalue weighted by atomic mass is 9.98. The maximum Gasteiger partial charge on any atom is 0.338 e. The van der Waals surface area contributed by atoms with Gasteiger partial charge in [-0.1, -0.05) is 114 Å². The normalized spacial score (nSPS) is 20.0. The molecule has 0 aliphatic carbocycles. The van der Waals surface area contributed by atoms with E-state index in [1.54, 1.807) is 84.9 Å². The zero-order chi connectivity index (χ0) is 34.7. The molecule has 1 fully saturated rings. The first-order chi connectivity index (χ1) is 24.4. The number of esters is 3. The van der Waals surface area contributed by atoms with Crippen molar-refractivity contribution >= 4 is 29.7 Å². The number of carbonyl (C=O) groups excluding carboxylic acids is 3. The highest BCUT2D eigenvalue weighted by Crippen LogP contribution is 2.38. The smallest absolute Gasteiger partial charge is 0.338 e. The summed E-state index contributed by atoms with van der Waals surface area (Å²) in [6.45, 7) is 1.88. The Bertz CT molecular complexity index is 1840. The van der Waals surface area contributed by atoms with E-state index in [-0.39, 0.29) is 13.2 Å². The maximum atomic E-state index is 13.7. The summed E-state index contributed by atoms with van der Waals surface area (Å²) in [6.07, 6.45) is -4.25. The van der Waals surface area contributed by atoms with Crippen molar-refractivity contribution in [3.63, 3.8) is 0 Å². The van der Waals surface area contributed by atoms with Gasteiger partial charge in [-0.25, -0.2) is 14.4 Å². The van der Waals surface area contributed by atoms with E-state index in [0.717, 1.165) is 16.0 Å². The number of thioether (sulfide) groups is 1. The minimum absolute atomic E-state index is 0.118. The minimum Gasteiger partial charge on any atom is -0.459 e. The molecule has 254 valence electrons. The molecule has 0 bridgehead atoms. The summed E-state index contributed by atoms with van der Waals surface area (Å²) >= 11 is 1.31. The van der Waals surface area contributed by atoms with Crippen LogP contribution >= 0.6 is 11.8 Å². The van der Waals surface area contributed by atoms with Gasteiger partial charge in [0.05, 0.1) is 23.3 Å². The van der Waals surface area contributed by atoms with E-state index in [4.69, 9.17) is 23.7 Å². The third-order valence-corrected chi connectivity index (χ3v) is 9.20. The summed E-state index contributed by atoms with van der Waals surface area (Å²) in [6, 6.07) is 43.0. The molecular formula is C41H36O8S. The van der Waals surface area contributed by atoms with Gasteiger partial charge in [0.25, 0.3) is 0 Å². The van der Waals surface area contributed by atoms with Crippen LogP contribution in [0.2, 0.25) is 0 Å². The van der Waals surface area contributed by atoms with E-state index in [2.05, 4.69) is 0 Å². The number of carbonyl (C=O) groups is 3. The van der Waals surface area contributed by atoms with Crippen molar-refractivity contribution in [1.29, 1.82) is 0 Å². The minimum atomic E-state index is -1.17. The van der Waals surface area contributed by atoms with Crippen molar-refractivity contribution < 1.29 is 38.1 Å². The maximum absolute atomic E-state index is 13.7. The molecule has 0 saturated carbocycles. The average molecular weight is 689 g/mol. The highest BCUT2D eigenvalue weighted by Gasteiger charge is 2.52. The Hall–Kier alpha value is -5.22. The number of hydrogen-bond acceptors (Lipinski definition) is 9. The van der Waals surface area contributed by atoms with Crippen molar-refractivity contribution in [2.45, 2.75) is 48.3 Å². The van der Waals surface area contributed by atoms with Gasteiger partial charge in [0.1, 0.15) is 24.3 Å². The monoisotopic (exact) mass is 688 g/mol. The summed E-state index contributed by atoms with van der Waals surface area (Å²) in [4.78, 5) is 41.3. The fraction of sp³-hybridized carbons (Fsp3) is 0.195. The summed E-state index contributed by atoms with van der Waals surface area (Å²) in [5.74, 6) is -1.80. The largest absolute Gasteiger partial charge is 0.459 e. The lowest BCUT2D eigenvalue weighted by molar-refractivity contribution is -0.224. The highest BCUT2D eigenvalue weighted by atomic mass is 32.2. The van der Waals surface area contributed by atoms with Crippen LogP contribution in [0, 0.1) is 6.92 Å². The fourth-order valence-electron chi connectivity index (χ4n) is 5.43. The zero-order valence-electron chi connectivity index (χ0n) is 27.3. The van der Waals surface area contributed by atoms with Gasteiger partial charge in [-0.15, -0.1) is 0 Å². The molecule has 1 heterocycles. The van der Waals surface area contributed by atoms with Crippen molar-refractivity contribution in [3.8, 4) is 0 Å². The second-order valence-electron chi connectivity index (χ2n) is 11.7. The predicted molar refractivity (Wildman–Crippen MR) is 189 cm³/mol. The molecule has 9 heteroatoms. The van der Waals surface area contributed by atoms with Crippen LogP contribution in [0.5, 0.6) is 0 Å².